The number of ether oxygens (including phenoxy) is 1. The van der Waals surface area contributed by atoms with Crippen molar-refractivity contribution >= 4 is 5.91 Å². The Morgan fingerprint density at radius 3 is 2.78 bits per heavy atom. The zero-order valence-corrected chi connectivity index (χ0v) is 12.9. The number of hydrogen-bond acceptors (Lipinski definition) is 4. The van der Waals surface area contributed by atoms with Crippen molar-refractivity contribution in [3.05, 3.63) is 53.6 Å². The van der Waals surface area contributed by atoms with Gasteiger partial charge in [0.25, 0.3) is 5.91 Å². The summed E-state index contributed by atoms with van der Waals surface area (Å²) in [6, 6.07) is 8.06. The van der Waals surface area contributed by atoms with Crippen LogP contribution in [0.3, 0.4) is 0 Å². The molecule has 1 amide bonds. The lowest BCUT2D eigenvalue weighted by atomic mass is 9.97. The Kier molecular flexibility index (Phi) is 3.69. The molecular formula is C18H19N3O2. The van der Waals surface area contributed by atoms with Crippen molar-refractivity contribution in [2.75, 3.05) is 13.2 Å². The van der Waals surface area contributed by atoms with E-state index in [0.717, 1.165) is 30.8 Å². The second-order valence-corrected chi connectivity index (χ2v) is 6.30. The number of hydrogen-bond donors (Lipinski definition) is 1. The molecule has 0 saturated heterocycles. The summed E-state index contributed by atoms with van der Waals surface area (Å²) in [5, 5.41) is 2.96. The lowest BCUT2D eigenvalue weighted by Crippen LogP contribution is -2.34. The van der Waals surface area contributed by atoms with Gasteiger partial charge in [0.1, 0.15) is 11.6 Å². The van der Waals surface area contributed by atoms with Crippen LogP contribution in [0.15, 0.2) is 36.7 Å². The second kappa shape index (κ2) is 5.99. The monoisotopic (exact) mass is 309 g/mol. The van der Waals surface area contributed by atoms with E-state index < -0.39 is 0 Å². The number of para-hydroxylation sites is 1. The summed E-state index contributed by atoms with van der Waals surface area (Å²) in [4.78, 5) is 20.8. The molecule has 5 heteroatoms. The molecule has 23 heavy (non-hydrogen) atoms. The first-order valence-electron chi connectivity index (χ1n) is 8.10. The molecule has 0 radical (unpaired) electrons. The molecule has 4 rings (SSSR count). The molecular weight excluding hydrogens is 290 g/mol. The molecule has 1 aromatic heterocycles. The minimum absolute atomic E-state index is 0.119. The van der Waals surface area contributed by atoms with Gasteiger partial charge in [-0.3, -0.25) is 4.79 Å². The summed E-state index contributed by atoms with van der Waals surface area (Å²) >= 11 is 0. The second-order valence-electron chi connectivity index (χ2n) is 6.30. The van der Waals surface area contributed by atoms with Crippen LogP contribution in [0.25, 0.3) is 0 Å². The van der Waals surface area contributed by atoms with E-state index in [1.54, 1.807) is 12.4 Å². The van der Waals surface area contributed by atoms with Crippen molar-refractivity contribution in [2.45, 2.75) is 25.2 Å². The minimum atomic E-state index is -0.119. The highest BCUT2D eigenvalue weighted by molar-refractivity contribution is 5.93. The Labute approximate surface area is 135 Å². The van der Waals surface area contributed by atoms with E-state index in [4.69, 9.17) is 4.74 Å². The van der Waals surface area contributed by atoms with E-state index in [1.807, 2.05) is 18.2 Å². The van der Waals surface area contributed by atoms with E-state index in [-0.39, 0.29) is 5.91 Å². The van der Waals surface area contributed by atoms with E-state index in [9.17, 15) is 4.79 Å². The van der Waals surface area contributed by atoms with Gasteiger partial charge in [0.05, 0.1) is 12.2 Å². The third-order valence-corrected chi connectivity index (χ3v) is 4.38. The van der Waals surface area contributed by atoms with Gasteiger partial charge in [-0.05, 0) is 30.9 Å². The van der Waals surface area contributed by atoms with E-state index >= 15 is 0 Å². The summed E-state index contributed by atoms with van der Waals surface area (Å²) in [7, 11) is 0. The average Bonchev–Trinajstić information content (AvgIpc) is 3.45. The lowest BCUT2D eigenvalue weighted by molar-refractivity contribution is 0.0938. The van der Waals surface area contributed by atoms with Crippen molar-refractivity contribution in [1.82, 2.24) is 15.3 Å². The van der Waals surface area contributed by atoms with Crippen molar-refractivity contribution in [3.63, 3.8) is 0 Å². The van der Waals surface area contributed by atoms with Crippen molar-refractivity contribution in [1.29, 1.82) is 0 Å². The number of aromatic nitrogens is 2. The third-order valence-electron chi connectivity index (χ3n) is 4.38. The van der Waals surface area contributed by atoms with Crippen molar-refractivity contribution in [3.8, 4) is 5.75 Å². The van der Waals surface area contributed by atoms with Crippen LogP contribution in [0.2, 0.25) is 0 Å². The highest BCUT2D eigenvalue weighted by atomic mass is 16.5. The Balaban J connectivity index is 1.33. The SMILES string of the molecule is O=C(NC[C@H]1COc2ccccc2C1)c1cnc(C2CC2)nc1. The molecule has 1 aromatic carbocycles. The molecule has 1 fully saturated rings. The molecule has 0 spiro atoms. The zero-order valence-electron chi connectivity index (χ0n) is 12.9. The van der Waals surface area contributed by atoms with Crippen LogP contribution in [0.1, 0.15) is 40.5 Å². The number of fused-ring (bicyclic) bond motifs is 1. The average molecular weight is 309 g/mol. The van der Waals surface area contributed by atoms with Gasteiger partial charge in [-0.25, -0.2) is 9.97 Å². The van der Waals surface area contributed by atoms with Crippen molar-refractivity contribution in [2.24, 2.45) is 5.92 Å². The van der Waals surface area contributed by atoms with Gasteiger partial charge in [-0.2, -0.15) is 0 Å². The molecule has 1 saturated carbocycles. The summed E-state index contributed by atoms with van der Waals surface area (Å²) in [6.45, 7) is 1.23. The maximum atomic E-state index is 12.2. The fourth-order valence-electron chi connectivity index (χ4n) is 2.87. The Morgan fingerprint density at radius 2 is 2.00 bits per heavy atom. The summed E-state index contributed by atoms with van der Waals surface area (Å²) < 4.78 is 5.75. The predicted octanol–water partition coefficient (Wildman–Crippen LogP) is 2.34. The van der Waals surface area contributed by atoms with Crippen LogP contribution in [0, 0.1) is 5.92 Å². The van der Waals surface area contributed by atoms with Crippen molar-refractivity contribution < 1.29 is 9.53 Å². The highest BCUT2D eigenvalue weighted by Crippen LogP contribution is 2.37. The maximum absolute atomic E-state index is 12.2. The summed E-state index contributed by atoms with van der Waals surface area (Å²) in [5.41, 5.74) is 1.72. The summed E-state index contributed by atoms with van der Waals surface area (Å²) in [6.07, 6.45) is 6.50. The Bertz CT molecular complexity index is 710. The molecule has 5 nitrogen and oxygen atoms in total. The van der Waals surface area contributed by atoms with Crippen LogP contribution in [-0.2, 0) is 6.42 Å². The largest absolute Gasteiger partial charge is 0.493 e. The van der Waals surface area contributed by atoms with Crippen LogP contribution < -0.4 is 10.1 Å². The van der Waals surface area contributed by atoms with Crippen LogP contribution in [0.5, 0.6) is 5.75 Å². The molecule has 1 N–H and O–H groups in total. The molecule has 0 bridgehead atoms. The first-order valence-corrected chi connectivity index (χ1v) is 8.10. The molecule has 2 aromatic rings. The predicted molar refractivity (Wildman–Crippen MR) is 85.5 cm³/mol. The standard InChI is InChI=1S/C18H19N3O2/c22-18(15-9-19-17(20-10-15)13-5-6-13)21-8-12-7-14-3-1-2-4-16(14)23-11-12/h1-4,9-10,12-13H,5-8,11H2,(H,21,22)/t12-/m0/s1. The number of carbonyl (C=O) groups excluding carboxylic acids is 1. The smallest absolute Gasteiger partial charge is 0.254 e. The van der Waals surface area contributed by atoms with Crippen LogP contribution in [0.4, 0.5) is 0 Å². The molecule has 1 atom stereocenters. The van der Waals surface area contributed by atoms with E-state index in [2.05, 4.69) is 21.4 Å². The highest BCUT2D eigenvalue weighted by Gasteiger charge is 2.26. The number of carbonyl (C=O) groups is 1. The lowest BCUT2D eigenvalue weighted by Gasteiger charge is -2.25. The van der Waals surface area contributed by atoms with Gasteiger partial charge < -0.3 is 10.1 Å². The number of nitrogens with zero attached hydrogens (tertiary/aromatic N) is 2. The molecule has 1 aliphatic carbocycles. The topological polar surface area (TPSA) is 64.1 Å². The maximum Gasteiger partial charge on any atom is 0.254 e. The first-order chi connectivity index (χ1) is 11.3. The fourth-order valence-corrected chi connectivity index (χ4v) is 2.87. The van der Waals surface area contributed by atoms with Crippen LogP contribution >= 0.6 is 0 Å². The van der Waals surface area contributed by atoms with Gasteiger partial charge in [0.2, 0.25) is 0 Å². The fraction of sp³-hybridized carbons (Fsp3) is 0.389. The molecule has 0 unspecified atom stereocenters. The van der Waals surface area contributed by atoms with Gasteiger partial charge in [-0.1, -0.05) is 18.2 Å². The number of benzene rings is 1. The minimum Gasteiger partial charge on any atom is -0.493 e. The van der Waals surface area contributed by atoms with Gasteiger partial charge in [0, 0.05) is 30.8 Å². The molecule has 1 aliphatic heterocycles. The Morgan fingerprint density at radius 1 is 1.22 bits per heavy atom. The number of rotatable bonds is 4. The molecule has 118 valence electrons. The Hall–Kier alpha value is -2.43. The zero-order chi connectivity index (χ0) is 15.6. The quantitative estimate of drug-likeness (QED) is 0.941. The summed E-state index contributed by atoms with van der Waals surface area (Å²) in [5.74, 6) is 2.50. The number of nitrogens with one attached hydrogen (secondary N) is 1. The molecule has 2 aliphatic rings. The number of amides is 1. The van der Waals surface area contributed by atoms with E-state index in [1.165, 1.54) is 5.56 Å². The molecule has 2 heterocycles. The normalized spacial score (nSPS) is 19.6. The van der Waals surface area contributed by atoms with Crippen LogP contribution in [-0.4, -0.2) is 29.0 Å². The third kappa shape index (κ3) is 3.18. The van der Waals surface area contributed by atoms with Gasteiger partial charge in [0.15, 0.2) is 0 Å². The van der Waals surface area contributed by atoms with Gasteiger partial charge >= 0.3 is 0 Å². The first kappa shape index (κ1) is 14.2. The van der Waals surface area contributed by atoms with E-state index in [0.29, 0.717) is 30.6 Å². The van der Waals surface area contributed by atoms with Gasteiger partial charge in [-0.15, -0.1) is 0 Å².